The van der Waals surface area contributed by atoms with E-state index in [2.05, 4.69) is 5.32 Å². The number of benzene rings is 1. The second-order valence-electron chi connectivity index (χ2n) is 4.48. The zero-order valence-corrected chi connectivity index (χ0v) is 11.7. The van der Waals surface area contributed by atoms with E-state index in [1.54, 1.807) is 25.3 Å². The number of nitrogens with two attached hydrogens (primary N) is 1. The molecule has 0 spiro atoms. The summed E-state index contributed by atoms with van der Waals surface area (Å²) in [7, 11) is 1.55. The molecular formula is C14H18N2O5. The Balaban J connectivity index is 2.52. The summed E-state index contributed by atoms with van der Waals surface area (Å²) in [5.74, 6) is -1.84. The van der Waals surface area contributed by atoms with Crippen molar-refractivity contribution in [2.45, 2.75) is 25.3 Å². The van der Waals surface area contributed by atoms with Gasteiger partial charge in [0.15, 0.2) is 0 Å². The van der Waals surface area contributed by atoms with Crippen LogP contribution in [-0.4, -0.2) is 36.0 Å². The molecule has 0 aliphatic carbocycles. The van der Waals surface area contributed by atoms with Crippen LogP contribution >= 0.6 is 0 Å². The van der Waals surface area contributed by atoms with Crippen molar-refractivity contribution < 1.29 is 24.2 Å². The number of methoxy groups -OCH3 is 1. The average Bonchev–Trinajstić information content (AvgIpc) is 2.44. The van der Waals surface area contributed by atoms with Gasteiger partial charge in [0.05, 0.1) is 13.5 Å². The first kappa shape index (κ1) is 16.5. The molecule has 21 heavy (non-hydrogen) atoms. The Morgan fingerprint density at radius 3 is 2.67 bits per heavy atom. The number of nitrogens with one attached hydrogen (secondary N) is 1. The molecule has 0 aromatic heterocycles. The molecule has 1 atom stereocenters. The van der Waals surface area contributed by atoms with Crippen LogP contribution in [0.15, 0.2) is 24.3 Å². The lowest BCUT2D eigenvalue weighted by Gasteiger charge is -2.12. The lowest BCUT2D eigenvalue weighted by molar-refractivity contribution is -0.143. The second kappa shape index (κ2) is 7.88. The van der Waals surface area contributed by atoms with E-state index in [0.29, 0.717) is 12.2 Å². The molecule has 7 nitrogen and oxygen atoms in total. The number of amides is 2. The minimum atomic E-state index is -1.29. The van der Waals surface area contributed by atoms with Crippen LogP contribution in [0.25, 0.3) is 0 Å². The number of hydrogen-bond acceptors (Lipinski definition) is 4. The third-order valence-corrected chi connectivity index (χ3v) is 2.81. The van der Waals surface area contributed by atoms with Gasteiger partial charge in [-0.25, -0.2) is 4.79 Å². The zero-order chi connectivity index (χ0) is 15.8. The normalized spacial score (nSPS) is 11.5. The van der Waals surface area contributed by atoms with Gasteiger partial charge in [0.1, 0.15) is 11.8 Å². The van der Waals surface area contributed by atoms with Crippen molar-refractivity contribution in [2.24, 2.45) is 5.73 Å². The summed E-state index contributed by atoms with van der Waals surface area (Å²) in [5, 5.41) is 11.2. The van der Waals surface area contributed by atoms with E-state index in [9.17, 15) is 14.4 Å². The zero-order valence-electron chi connectivity index (χ0n) is 11.7. The second-order valence-corrected chi connectivity index (χ2v) is 4.48. The summed E-state index contributed by atoms with van der Waals surface area (Å²) in [6.07, 6.45) is 0.113. The molecule has 114 valence electrons. The van der Waals surface area contributed by atoms with Gasteiger partial charge < -0.3 is 20.9 Å². The molecule has 0 aliphatic rings. The Morgan fingerprint density at radius 2 is 2.10 bits per heavy atom. The summed E-state index contributed by atoms with van der Waals surface area (Å²) in [4.78, 5) is 33.3. The third-order valence-electron chi connectivity index (χ3n) is 2.81. The standard InChI is InChI=1S/C14H18N2O5/c1-21-10-4-2-3-9(7-10)5-6-13(18)16-11(14(19)20)8-12(15)17/h2-4,7,11H,5-6,8H2,1H3,(H2,15,17)(H,16,18)(H,19,20)/t11-/m1/s1. The first-order valence-electron chi connectivity index (χ1n) is 6.35. The Morgan fingerprint density at radius 1 is 1.38 bits per heavy atom. The number of primary amides is 1. The van der Waals surface area contributed by atoms with Gasteiger partial charge in [0.25, 0.3) is 0 Å². The lowest BCUT2D eigenvalue weighted by atomic mass is 10.1. The number of carboxylic acid groups (broad SMARTS) is 1. The smallest absolute Gasteiger partial charge is 0.326 e. The first-order chi connectivity index (χ1) is 9.92. The van der Waals surface area contributed by atoms with Gasteiger partial charge in [-0.2, -0.15) is 0 Å². The highest BCUT2D eigenvalue weighted by Crippen LogP contribution is 2.13. The van der Waals surface area contributed by atoms with Crippen LogP contribution < -0.4 is 15.8 Å². The average molecular weight is 294 g/mol. The quantitative estimate of drug-likeness (QED) is 0.627. The summed E-state index contributed by atoms with van der Waals surface area (Å²) >= 11 is 0. The Kier molecular flexibility index (Phi) is 6.19. The van der Waals surface area contributed by atoms with Crippen LogP contribution in [0.5, 0.6) is 5.75 Å². The first-order valence-corrected chi connectivity index (χ1v) is 6.35. The van der Waals surface area contributed by atoms with E-state index in [1.165, 1.54) is 0 Å². The van der Waals surface area contributed by atoms with E-state index in [0.717, 1.165) is 5.56 Å². The highest BCUT2D eigenvalue weighted by Gasteiger charge is 2.21. The van der Waals surface area contributed by atoms with Crippen molar-refractivity contribution in [2.75, 3.05) is 7.11 Å². The van der Waals surface area contributed by atoms with Crippen LogP contribution in [0.1, 0.15) is 18.4 Å². The van der Waals surface area contributed by atoms with Gasteiger partial charge >= 0.3 is 5.97 Å². The highest BCUT2D eigenvalue weighted by atomic mass is 16.5. The number of carbonyl (C=O) groups is 3. The molecular weight excluding hydrogens is 276 g/mol. The number of aliphatic carboxylic acids is 1. The summed E-state index contributed by atoms with van der Waals surface area (Å²) in [6.45, 7) is 0. The Bertz CT molecular complexity index is 530. The van der Waals surface area contributed by atoms with E-state index in [-0.39, 0.29) is 6.42 Å². The number of aryl methyl sites for hydroxylation is 1. The maximum Gasteiger partial charge on any atom is 0.326 e. The lowest BCUT2D eigenvalue weighted by Crippen LogP contribution is -2.43. The van der Waals surface area contributed by atoms with Gasteiger partial charge in [-0.05, 0) is 24.1 Å². The van der Waals surface area contributed by atoms with Crippen LogP contribution in [-0.2, 0) is 20.8 Å². The number of ether oxygens (including phenoxy) is 1. The van der Waals surface area contributed by atoms with Crippen molar-refractivity contribution in [1.82, 2.24) is 5.32 Å². The van der Waals surface area contributed by atoms with E-state index in [1.807, 2.05) is 6.07 Å². The van der Waals surface area contributed by atoms with Crippen molar-refractivity contribution >= 4 is 17.8 Å². The summed E-state index contributed by atoms with van der Waals surface area (Å²) < 4.78 is 5.07. The Hall–Kier alpha value is -2.57. The van der Waals surface area contributed by atoms with Gasteiger partial charge in [-0.3, -0.25) is 9.59 Å². The molecule has 1 aromatic carbocycles. The third kappa shape index (κ3) is 5.94. The van der Waals surface area contributed by atoms with Crippen molar-refractivity contribution in [1.29, 1.82) is 0 Å². The monoisotopic (exact) mass is 294 g/mol. The van der Waals surface area contributed by atoms with E-state index < -0.39 is 30.2 Å². The van der Waals surface area contributed by atoms with Crippen LogP contribution in [0.2, 0.25) is 0 Å². The molecule has 1 aromatic rings. The molecule has 0 unspecified atom stereocenters. The molecule has 4 N–H and O–H groups in total. The molecule has 0 heterocycles. The summed E-state index contributed by atoms with van der Waals surface area (Å²) in [6, 6.07) is 5.94. The van der Waals surface area contributed by atoms with Gasteiger partial charge in [-0.15, -0.1) is 0 Å². The van der Waals surface area contributed by atoms with Gasteiger partial charge in [-0.1, -0.05) is 12.1 Å². The predicted octanol–water partition coefficient (Wildman–Crippen LogP) is 0.0726. The molecule has 7 heteroatoms. The van der Waals surface area contributed by atoms with Gasteiger partial charge in [0, 0.05) is 6.42 Å². The number of carbonyl (C=O) groups excluding carboxylic acids is 2. The van der Waals surface area contributed by atoms with Gasteiger partial charge in [0.2, 0.25) is 11.8 Å². The molecule has 1 rings (SSSR count). The number of carboxylic acids is 1. The van der Waals surface area contributed by atoms with E-state index in [4.69, 9.17) is 15.6 Å². The fourth-order valence-electron chi connectivity index (χ4n) is 1.75. The molecule has 0 bridgehead atoms. The Labute approximate surface area is 122 Å². The van der Waals surface area contributed by atoms with E-state index >= 15 is 0 Å². The minimum absolute atomic E-state index is 0.107. The molecule has 2 amide bonds. The molecule has 0 saturated heterocycles. The molecule has 0 fully saturated rings. The van der Waals surface area contributed by atoms with Crippen LogP contribution in [0, 0.1) is 0 Å². The predicted molar refractivity (Wildman–Crippen MR) is 74.7 cm³/mol. The number of rotatable bonds is 8. The molecule has 0 aliphatic heterocycles. The summed E-state index contributed by atoms with van der Waals surface area (Å²) in [5.41, 5.74) is 5.83. The topological polar surface area (TPSA) is 119 Å². The van der Waals surface area contributed by atoms with Crippen LogP contribution in [0.3, 0.4) is 0 Å². The van der Waals surface area contributed by atoms with Crippen molar-refractivity contribution in [3.8, 4) is 5.75 Å². The largest absolute Gasteiger partial charge is 0.497 e. The number of hydrogen-bond donors (Lipinski definition) is 3. The molecule has 0 saturated carbocycles. The SMILES string of the molecule is COc1cccc(CCC(=O)N[C@H](CC(N)=O)C(=O)O)c1. The fourth-order valence-corrected chi connectivity index (χ4v) is 1.75. The van der Waals surface area contributed by atoms with Crippen molar-refractivity contribution in [3.63, 3.8) is 0 Å². The minimum Gasteiger partial charge on any atom is -0.497 e. The van der Waals surface area contributed by atoms with Crippen molar-refractivity contribution in [3.05, 3.63) is 29.8 Å². The highest BCUT2D eigenvalue weighted by molar-refractivity contribution is 5.88. The fraction of sp³-hybridized carbons (Fsp3) is 0.357. The molecule has 0 radical (unpaired) electrons. The maximum absolute atomic E-state index is 11.7. The van der Waals surface area contributed by atoms with Crippen LogP contribution in [0.4, 0.5) is 0 Å². The maximum atomic E-state index is 11.7.